The number of aryl methyl sites for hydroxylation is 1. The first-order valence-electron chi connectivity index (χ1n) is 4.97. The molecule has 0 aliphatic heterocycles. The largest absolute Gasteiger partial charge is 0.368 e. The molecule has 0 saturated carbocycles. The first-order chi connectivity index (χ1) is 8.47. The number of nitrogen functional groups attached to an aromatic ring is 1. The lowest BCUT2D eigenvalue weighted by atomic mass is 10.4. The molecule has 0 fully saturated rings. The second-order valence-corrected chi connectivity index (χ2v) is 5.30. The molecule has 0 amide bonds. The van der Waals surface area contributed by atoms with Crippen molar-refractivity contribution in [2.24, 2.45) is 0 Å². The molecule has 2 heterocycles. The zero-order valence-electron chi connectivity index (χ0n) is 9.49. The average Bonchev–Trinajstić information content (AvgIpc) is 2.73. The van der Waals surface area contributed by atoms with E-state index in [-0.39, 0.29) is 17.4 Å². The van der Waals surface area contributed by atoms with Gasteiger partial charge in [-0.3, -0.25) is 0 Å². The Kier molecular flexibility index (Phi) is 3.26. The van der Waals surface area contributed by atoms with Gasteiger partial charge in [-0.05, 0) is 6.92 Å². The zero-order chi connectivity index (χ0) is 13.2. The van der Waals surface area contributed by atoms with Gasteiger partial charge in [-0.25, -0.2) is 23.1 Å². The molecule has 0 aliphatic rings. The predicted molar refractivity (Wildman–Crippen MR) is 61.7 cm³/mol. The summed E-state index contributed by atoms with van der Waals surface area (Å²) in [6.07, 6.45) is 2.28. The van der Waals surface area contributed by atoms with Crippen molar-refractivity contribution in [2.45, 2.75) is 18.4 Å². The minimum absolute atomic E-state index is 0.0149. The Morgan fingerprint density at radius 2 is 2.06 bits per heavy atom. The fourth-order valence-electron chi connectivity index (χ4n) is 1.22. The van der Waals surface area contributed by atoms with Gasteiger partial charge in [0.15, 0.2) is 0 Å². The van der Waals surface area contributed by atoms with E-state index in [0.29, 0.717) is 11.5 Å². The number of rotatable bonds is 4. The van der Waals surface area contributed by atoms with E-state index in [1.54, 1.807) is 13.0 Å². The Labute approximate surface area is 103 Å². The summed E-state index contributed by atoms with van der Waals surface area (Å²) in [4.78, 5) is 7.18. The summed E-state index contributed by atoms with van der Waals surface area (Å²) in [5.74, 6) is 0.626. The second-order valence-electron chi connectivity index (χ2n) is 3.53. The van der Waals surface area contributed by atoms with Gasteiger partial charge in [-0.1, -0.05) is 5.16 Å². The summed E-state index contributed by atoms with van der Waals surface area (Å²) >= 11 is 0. The minimum atomic E-state index is -3.68. The van der Waals surface area contributed by atoms with Crippen LogP contribution < -0.4 is 10.5 Å². The zero-order valence-corrected chi connectivity index (χ0v) is 10.3. The van der Waals surface area contributed by atoms with Crippen molar-refractivity contribution in [1.82, 2.24) is 19.8 Å². The molecule has 9 heteroatoms. The van der Waals surface area contributed by atoms with Crippen LogP contribution in [0, 0.1) is 6.92 Å². The molecule has 0 spiro atoms. The van der Waals surface area contributed by atoms with Crippen LogP contribution in [0.1, 0.15) is 11.5 Å². The van der Waals surface area contributed by atoms with Gasteiger partial charge in [0.25, 0.3) is 0 Å². The predicted octanol–water partition coefficient (Wildman–Crippen LogP) is -0.166. The maximum atomic E-state index is 11.8. The molecule has 0 aliphatic carbocycles. The van der Waals surface area contributed by atoms with Gasteiger partial charge in [0.1, 0.15) is 10.7 Å². The molecule has 0 aromatic carbocycles. The fourth-order valence-corrected chi connectivity index (χ4v) is 2.11. The van der Waals surface area contributed by atoms with E-state index in [4.69, 9.17) is 10.3 Å². The molecule has 0 atom stereocenters. The molecule has 2 aromatic rings. The van der Waals surface area contributed by atoms with Crippen molar-refractivity contribution >= 4 is 16.0 Å². The second kappa shape index (κ2) is 4.70. The highest BCUT2D eigenvalue weighted by atomic mass is 32.2. The first kappa shape index (κ1) is 12.5. The number of nitrogens with one attached hydrogen (secondary N) is 1. The highest BCUT2D eigenvalue weighted by molar-refractivity contribution is 7.89. The van der Waals surface area contributed by atoms with Gasteiger partial charge >= 0.3 is 0 Å². The molecule has 0 bridgehead atoms. The van der Waals surface area contributed by atoms with Crippen LogP contribution >= 0.6 is 0 Å². The standard InChI is InChI=1S/C9H11N5O3S/c1-6-2-7(14-17-6)3-13-18(15,16)8-4-11-9(10)12-5-8/h2,4-5,13H,3H2,1H3,(H2,10,11,12). The third-order valence-corrected chi connectivity index (χ3v) is 3.43. The number of hydrogen-bond acceptors (Lipinski definition) is 7. The Hall–Kier alpha value is -2.00. The summed E-state index contributed by atoms with van der Waals surface area (Å²) < 4.78 is 30.8. The number of nitrogens with zero attached hydrogens (tertiary/aromatic N) is 3. The Balaban J connectivity index is 2.10. The monoisotopic (exact) mass is 269 g/mol. The van der Waals surface area contributed by atoms with E-state index < -0.39 is 10.0 Å². The molecule has 96 valence electrons. The van der Waals surface area contributed by atoms with Crippen LogP contribution in [0.5, 0.6) is 0 Å². The number of aromatic nitrogens is 3. The van der Waals surface area contributed by atoms with Crippen molar-refractivity contribution < 1.29 is 12.9 Å². The van der Waals surface area contributed by atoms with Crippen molar-refractivity contribution in [2.75, 3.05) is 5.73 Å². The van der Waals surface area contributed by atoms with Gasteiger partial charge < -0.3 is 10.3 Å². The van der Waals surface area contributed by atoms with Crippen molar-refractivity contribution in [3.05, 3.63) is 29.9 Å². The van der Waals surface area contributed by atoms with Gasteiger partial charge in [0, 0.05) is 6.07 Å². The maximum absolute atomic E-state index is 11.8. The lowest BCUT2D eigenvalue weighted by Gasteiger charge is -2.03. The summed E-state index contributed by atoms with van der Waals surface area (Å²) in [5.41, 5.74) is 5.77. The molecule has 0 radical (unpaired) electrons. The van der Waals surface area contributed by atoms with E-state index in [1.165, 1.54) is 0 Å². The van der Waals surface area contributed by atoms with Crippen LogP contribution in [0.2, 0.25) is 0 Å². The number of hydrogen-bond donors (Lipinski definition) is 2. The topological polar surface area (TPSA) is 124 Å². The Bertz CT molecular complexity index is 634. The number of sulfonamides is 1. The molecule has 2 rings (SSSR count). The van der Waals surface area contributed by atoms with Crippen LogP contribution in [0.4, 0.5) is 5.95 Å². The Morgan fingerprint density at radius 1 is 1.39 bits per heavy atom. The third-order valence-electron chi connectivity index (χ3n) is 2.08. The van der Waals surface area contributed by atoms with Gasteiger partial charge in [0.05, 0.1) is 24.6 Å². The van der Waals surface area contributed by atoms with Crippen LogP contribution in [-0.4, -0.2) is 23.5 Å². The number of anilines is 1. The molecule has 3 N–H and O–H groups in total. The molecule has 2 aromatic heterocycles. The normalized spacial score (nSPS) is 11.6. The SMILES string of the molecule is Cc1cc(CNS(=O)(=O)c2cnc(N)nc2)no1. The van der Waals surface area contributed by atoms with Crippen molar-refractivity contribution in [3.63, 3.8) is 0 Å². The van der Waals surface area contributed by atoms with Gasteiger partial charge in [0.2, 0.25) is 16.0 Å². The molecular formula is C9H11N5O3S. The molecule has 8 nitrogen and oxygen atoms in total. The lowest BCUT2D eigenvalue weighted by Crippen LogP contribution is -2.23. The van der Waals surface area contributed by atoms with E-state index >= 15 is 0 Å². The summed E-state index contributed by atoms with van der Waals surface area (Å²) in [6, 6.07) is 1.64. The molecule has 0 saturated heterocycles. The first-order valence-corrected chi connectivity index (χ1v) is 6.45. The summed E-state index contributed by atoms with van der Waals surface area (Å²) in [5, 5.41) is 3.67. The number of nitrogens with two attached hydrogens (primary N) is 1. The van der Waals surface area contributed by atoms with Crippen LogP contribution in [0.3, 0.4) is 0 Å². The minimum Gasteiger partial charge on any atom is -0.368 e. The van der Waals surface area contributed by atoms with E-state index in [2.05, 4.69) is 19.8 Å². The average molecular weight is 269 g/mol. The molecule has 0 unspecified atom stereocenters. The third kappa shape index (κ3) is 2.81. The van der Waals surface area contributed by atoms with Gasteiger partial charge in [-0.2, -0.15) is 0 Å². The van der Waals surface area contributed by atoms with E-state index in [1.807, 2.05) is 0 Å². The molecular weight excluding hydrogens is 258 g/mol. The smallest absolute Gasteiger partial charge is 0.244 e. The van der Waals surface area contributed by atoms with Crippen molar-refractivity contribution in [1.29, 1.82) is 0 Å². The Morgan fingerprint density at radius 3 is 2.61 bits per heavy atom. The van der Waals surface area contributed by atoms with Crippen LogP contribution in [0.25, 0.3) is 0 Å². The highest BCUT2D eigenvalue weighted by Crippen LogP contribution is 2.07. The van der Waals surface area contributed by atoms with Crippen LogP contribution in [-0.2, 0) is 16.6 Å². The van der Waals surface area contributed by atoms with Gasteiger partial charge in [-0.15, -0.1) is 0 Å². The maximum Gasteiger partial charge on any atom is 0.244 e. The fraction of sp³-hybridized carbons (Fsp3) is 0.222. The highest BCUT2D eigenvalue weighted by Gasteiger charge is 2.15. The summed E-state index contributed by atoms with van der Waals surface area (Å²) in [7, 11) is -3.68. The van der Waals surface area contributed by atoms with E-state index in [9.17, 15) is 8.42 Å². The summed E-state index contributed by atoms with van der Waals surface area (Å²) in [6.45, 7) is 1.75. The quantitative estimate of drug-likeness (QED) is 0.789. The van der Waals surface area contributed by atoms with E-state index in [0.717, 1.165) is 12.4 Å². The lowest BCUT2D eigenvalue weighted by molar-refractivity contribution is 0.390. The van der Waals surface area contributed by atoms with Crippen molar-refractivity contribution in [3.8, 4) is 0 Å². The van der Waals surface area contributed by atoms with Crippen LogP contribution in [0.15, 0.2) is 27.9 Å². The molecule has 18 heavy (non-hydrogen) atoms.